The van der Waals surface area contributed by atoms with Crippen molar-refractivity contribution in [3.63, 3.8) is 0 Å². The molecule has 0 aliphatic carbocycles. The molecule has 0 spiro atoms. The Morgan fingerprint density at radius 2 is 2.00 bits per heavy atom. The Balaban J connectivity index is 2.56. The highest BCUT2D eigenvalue weighted by Crippen LogP contribution is 2.27. The first-order valence-corrected chi connectivity index (χ1v) is 6.26. The minimum Gasteiger partial charge on any atom is -0.423 e. The van der Waals surface area contributed by atoms with Crippen molar-refractivity contribution in [2.24, 2.45) is 0 Å². The van der Waals surface area contributed by atoms with Crippen molar-refractivity contribution in [3.8, 4) is 10.6 Å². The van der Waals surface area contributed by atoms with E-state index in [4.69, 9.17) is 0 Å². The van der Waals surface area contributed by atoms with Gasteiger partial charge in [-0.05, 0) is 12.4 Å². The molecule has 0 saturated carbocycles. The van der Waals surface area contributed by atoms with Gasteiger partial charge in [0.2, 0.25) is 0 Å². The van der Waals surface area contributed by atoms with Crippen LogP contribution in [0.25, 0.3) is 10.6 Å². The molecule has 4 nitrogen and oxygen atoms in total. The standard InChI is InChI=1S/C12H12BNO3S/c1-7-11(8(2)15)18-12(14-7)9-5-3-4-6-10(9)13(16)17/h3-6,16-17H,1-2H3. The van der Waals surface area contributed by atoms with E-state index in [1.54, 1.807) is 31.2 Å². The maximum absolute atomic E-state index is 11.4. The van der Waals surface area contributed by atoms with E-state index in [0.717, 1.165) is 0 Å². The molecule has 0 atom stereocenters. The van der Waals surface area contributed by atoms with Crippen LogP contribution in [0.5, 0.6) is 0 Å². The van der Waals surface area contributed by atoms with Gasteiger partial charge in [-0.3, -0.25) is 4.79 Å². The zero-order valence-corrected chi connectivity index (χ0v) is 10.9. The van der Waals surface area contributed by atoms with E-state index in [-0.39, 0.29) is 5.78 Å². The highest BCUT2D eigenvalue weighted by atomic mass is 32.1. The predicted octanol–water partition coefficient (Wildman–Crippen LogP) is 1.00. The monoisotopic (exact) mass is 261 g/mol. The molecule has 2 N–H and O–H groups in total. The molecule has 0 radical (unpaired) electrons. The second-order valence-electron chi connectivity index (χ2n) is 3.95. The Bertz CT molecular complexity index is 595. The van der Waals surface area contributed by atoms with Crippen LogP contribution >= 0.6 is 11.3 Å². The van der Waals surface area contributed by atoms with Crippen LogP contribution in [0, 0.1) is 6.92 Å². The fourth-order valence-electron chi connectivity index (χ4n) is 1.76. The molecular weight excluding hydrogens is 249 g/mol. The highest BCUT2D eigenvalue weighted by molar-refractivity contribution is 7.17. The summed E-state index contributed by atoms with van der Waals surface area (Å²) in [4.78, 5) is 16.3. The number of Topliss-reactive ketones (excluding diaryl/α,β-unsaturated/α-hetero) is 1. The number of benzene rings is 1. The third-order valence-corrected chi connectivity index (χ3v) is 3.88. The van der Waals surface area contributed by atoms with Gasteiger partial charge < -0.3 is 10.0 Å². The fraction of sp³-hybridized carbons (Fsp3) is 0.167. The minimum absolute atomic E-state index is 0.0294. The van der Waals surface area contributed by atoms with E-state index in [1.165, 1.54) is 18.3 Å². The van der Waals surface area contributed by atoms with Crippen LogP contribution in [-0.4, -0.2) is 27.9 Å². The van der Waals surface area contributed by atoms with E-state index < -0.39 is 7.12 Å². The molecule has 1 heterocycles. The van der Waals surface area contributed by atoms with Gasteiger partial charge in [-0.1, -0.05) is 24.3 Å². The normalized spacial score (nSPS) is 10.4. The van der Waals surface area contributed by atoms with Gasteiger partial charge in [0.05, 0.1) is 10.6 Å². The Hall–Kier alpha value is -1.50. The summed E-state index contributed by atoms with van der Waals surface area (Å²) in [6.45, 7) is 3.27. The highest BCUT2D eigenvalue weighted by Gasteiger charge is 2.20. The summed E-state index contributed by atoms with van der Waals surface area (Å²) in [5.41, 5.74) is 1.71. The van der Waals surface area contributed by atoms with E-state index >= 15 is 0 Å². The van der Waals surface area contributed by atoms with Crippen LogP contribution in [0.3, 0.4) is 0 Å². The van der Waals surface area contributed by atoms with Crippen molar-refractivity contribution in [1.29, 1.82) is 0 Å². The molecule has 1 aromatic carbocycles. The SMILES string of the molecule is CC(=O)c1sc(-c2ccccc2B(O)O)nc1C. The summed E-state index contributed by atoms with van der Waals surface area (Å²) < 4.78 is 0. The van der Waals surface area contributed by atoms with Gasteiger partial charge in [-0.15, -0.1) is 11.3 Å². The molecule has 0 aliphatic rings. The first kappa shape index (κ1) is 12.9. The predicted molar refractivity (Wildman–Crippen MR) is 72.1 cm³/mol. The molecule has 0 amide bonds. The van der Waals surface area contributed by atoms with E-state index in [0.29, 0.717) is 26.6 Å². The fourth-order valence-corrected chi connectivity index (χ4v) is 2.76. The minimum atomic E-state index is -1.55. The lowest BCUT2D eigenvalue weighted by Gasteiger charge is -2.04. The zero-order chi connectivity index (χ0) is 13.3. The molecule has 18 heavy (non-hydrogen) atoms. The first-order chi connectivity index (χ1) is 8.50. The largest absolute Gasteiger partial charge is 0.489 e. The second-order valence-corrected chi connectivity index (χ2v) is 4.95. The van der Waals surface area contributed by atoms with Crippen LogP contribution in [0.15, 0.2) is 24.3 Å². The van der Waals surface area contributed by atoms with Crippen LogP contribution < -0.4 is 5.46 Å². The molecule has 2 aromatic rings. The third-order valence-electron chi connectivity index (χ3n) is 2.59. The average molecular weight is 261 g/mol. The third kappa shape index (κ3) is 2.36. The number of hydrogen-bond donors (Lipinski definition) is 2. The van der Waals surface area contributed by atoms with Gasteiger partial charge in [0.15, 0.2) is 5.78 Å². The number of rotatable bonds is 3. The quantitative estimate of drug-likeness (QED) is 0.638. The van der Waals surface area contributed by atoms with E-state index in [1.807, 2.05) is 0 Å². The molecule has 6 heteroatoms. The number of ketones is 1. The Morgan fingerprint density at radius 1 is 1.33 bits per heavy atom. The number of thiazole rings is 1. The maximum Gasteiger partial charge on any atom is 0.489 e. The number of hydrogen-bond acceptors (Lipinski definition) is 5. The number of nitrogens with zero attached hydrogens (tertiary/aromatic N) is 1. The maximum atomic E-state index is 11.4. The lowest BCUT2D eigenvalue weighted by molar-refractivity contribution is 0.102. The number of aromatic nitrogens is 1. The Morgan fingerprint density at radius 3 is 2.56 bits per heavy atom. The molecule has 0 fully saturated rings. The van der Waals surface area contributed by atoms with Gasteiger partial charge in [0.1, 0.15) is 5.01 Å². The Labute approximate surface area is 109 Å². The number of carbonyl (C=O) groups is 1. The number of carbonyl (C=O) groups excluding carboxylic acids is 1. The van der Waals surface area contributed by atoms with Crippen molar-refractivity contribution >= 4 is 29.7 Å². The van der Waals surface area contributed by atoms with Gasteiger partial charge >= 0.3 is 7.12 Å². The first-order valence-electron chi connectivity index (χ1n) is 5.44. The van der Waals surface area contributed by atoms with E-state index in [9.17, 15) is 14.8 Å². The summed E-state index contributed by atoms with van der Waals surface area (Å²) >= 11 is 1.27. The van der Waals surface area contributed by atoms with Crippen LogP contribution in [-0.2, 0) is 0 Å². The molecule has 0 bridgehead atoms. The van der Waals surface area contributed by atoms with Gasteiger partial charge in [0.25, 0.3) is 0 Å². The van der Waals surface area contributed by atoms with Crippen molar-refractivity contribution in [2.75, 3.05) is 0 Å². The van der Waals surface area contributed by atoms with Gasteiger partial charge in [0, 0.05) is 12.5 Å². The second kappa shape index (κ2) is 5.01. The van der Waals surface area contributed by atoms with Crippen LogP contribution in [0.2, 0.25) is 0 Å². The van der Waals surface area contributed by atoms with Crippen molar-refractivity contribution in [3.05, 3.63) is 34.8 Å². The summed E-state index contributed by atoms with van der Waals surface area (Å²) in [7, 11) is -1.55. The smallest absolute Gasteiger partial charge is 0.423 e. The lowest BCUT2D eigenvalue weighted by Crippen LogP contribution is -2.31. The molecular formula is C12H12BNO3S. The van der Waals surface area contributed by atoms with Crippen molar-refractivity contribution in [2.45, 2.75) is 13.8 Å². The molecule has 0 aliphatic heterocycles. The summed E-state index contributed by atoms with van der Waals surface area (Å²) in [5, 5.41) is 19.3. The van der Waals surface area contributed by atoms with Gasteiger partial charge in [-0.2, -0.15) is 0 Å². The average Bonchev–Trinajstić information content (AvgIpc) is 2.71. The molecule has 0 saturated heterocycles. The molecule has 92 valence electrons. The zero-order valence-electron chi connectivity index (χ0n) is 10.0. The molecule has 2 rings (SSSR count). The van der Waals surface area contributed by atoms with Gasteiger partial charge in [-0.25, -0.2) is 4.98 Å². The lowest BCUT2D eigenvalue weighted by atomic mass is 9.77. The summed E-state index contributed by atoms with van der Waals surface area (Å²) in [5.74, 6) is -0.0294. The van der Waals surface area contributed by atoms with Crippen molar-refractivity contribution in [1.82, 2.24) is 4.98 Å². The van der Waals surface area contributed by atoms with E-state index in [2.05, 4.69) is 4.98 Å². The summed E-state index contributed by atoms with van der Waals surface area (Å²) in [6.07, 6.45) is 0. The van der Waals surface area contributed by atoms with Crippen LogP contribution in [0.4, 0.5) is 0 Å². The van der Waals surface area contributed by atoms with Crippen molar-refractivity contribution < 1.29 is 14.8 Å². The number of aryl methyl sites for hydroxylation is 1. The molecule has 0 unspecified atom stereocenters. The molecule has 1 aromatic heterocycles. The van der Waals surface area contributed by atoms with Crippen LogP contribution in [0.1, 0.15) is 22.3 Å². The topological polar surface area (TPSA) is 70.4 Å². The summed E-state index contributed by atoms with van der Waals surface area (Å²) in [6, 6.07) is 6.91. The Kier molecular flexibility index (Phi) is 3.61.